The third-order valence-electron chi connectivity index (χ3n) is 1.81. The molecule has 0 radical (unpaired) electrons. The van der Waals surface area contributed by atoms with E-state index in [1.165, 1.54) is 6.07 Å². The third-order valence-corrected chi connectivity index (χ3v) is 2.22. The van der Waals surface area contributed by atoms with Crippen molar-refractivity contribution in [2.75, 3.05) is 13.7 Å². The fourth-order valence-electron chi connectivity index (χ4n) is 1.21. The van der Waals surface area contributed by atoms with Gasteiger partial charge in [0, 0.05) is 12.1 Å². The van der Waals surface area contributed by atoms with Crippen molar-refractivity contribution in [1.82, 2.24) is 5.32 Å². The van der Waals surface area contributed by atoms with Crippen LogP contribution in [-0.2, 0) is 6.54 Å². The van der Waals surface area contributed by atoms with Crippen LogP contribution in [0.1, 0.15) is 12.5 Å². The van der Waals surface area contributed by atoms with Crippen molar-refractivity contribution >= 4 is 11.6 Å². The molecule has 0 aliphatic rings. The molecular formula is C10H13ClFNO. The van der Waals surface area contributed by atoms with E-state index in [1.807, 2.05) is 6.92 Å². The Hall–Kier alpha value is -0.800. The predicted molar refractivity (Wildman–Crippen MR) is 55.3 cm³/mol. The fourth-order valence-corrected chi connectivity index (χ4v) is 1.43. The summed E-state index contributed by atoms with van der Waals surface area (Å²) in [5, 5.41) is 3.05. The third kappa shape index (κ3) is 2.36. The monoisotopic (exact) mass is 217 g/mol. The van der Waals surface area contributed by atoms with Gasteiger partial charge in [-0.15, -0.1) is 0 Å². The first-order valence-corrected chi connectivity index (χ1v) is 4.82. The van der Waals surface area contributed by atoms with Crippen LogP contribution in [0.5, 0.6) is 5.75 Å². The number of halogens is 2. The standard InChI is InChI=1S/C10H13ClFNO/c1-3-14-9-5-4-8(12)10(11)7(9)6-13-2/h4-5,13H,3,6H2,1-2H3. The average molecular weight is 218 g/mol. The van der Waals surface area contributed by atoms with Gasteiger partial charge in [0.05, 0.1) is 11.6 Å². The molecule has 0 amide bonds. The van der Waals surface area contributed by atoms with E-state index >= 15 is 0 Å². The molecule has 0 atom stereocenters. The van der Waals surface area contributed by atoms with E-state index in [0.717, 1.165) is 0 Å². The minimum atomic E-state index is -0.416. The summed E-state index contributed by atoms with van der Waals surface area (Å²) >= 11 is 5.82. The zero-order valence-electron chi connectivity index (χ0n) is 8.23. The molecule has 4 heteroatoms. The molecule has 1 aromatic carbocycles. The molecule has 0 spiro atoms. The molecule has 0 saturated carbocycles. The van der Waals surface area contributed by atoms with Crippen LogP contribution >= 0.6 is 11.6 Å². The quantitative estimate of drug-likeness (QED) is 0.837. The van der Waals surface area contributed by atoms with Crippen LogP contribution in [0, 0.1) is 5.82 Å². The van der Waals surface area contributed by atoms with Gasteiger partial charge in [0.2, 0.25) is 0 Å². The summed E-state index contributed by atoms with van der Waals surface area (Å²) in [6.45, 7) is 2.91. The highest BCUT2D eigenvalue weighted by atomic mass is 35.5. The number of nitrogens with one attached hydrogen (secondary N) is 1. The zero-order valence-corrected chi connectivity index (χ0v) is 8.99. The maximum absolute atomic E-state index is 13.1. The van der Waals surface area contributed by atoms with Gasteiger partial charge in [-0.25, -0.2) is 4.39 Å². The molecule has 14 heavy (non-hydrogen) atoms. The van der Waals surface area contributed by atoms with Gasteiger partial charge in [-0.1, -0.05) is 11.6 Å². The van der Waals surface area contributed by atoms with Gasteiger partial charge in [-0.2, -0.15) is 0 Å². The number of rotatable bonds is 4. The van der Waals surface area contributed by atoms with Gasteiger partial charge in [0.1, 0.15) is 11.6 Å². The second kappa shape index (κ2) is 5.17. The first-order chi connectivity index (χ1) is 6.70. The van der Waals surface area contributed by atoms with Crippen LogP contribution in [0.3, 0.4) is 0 Å². The van der Waals surface area contributed by atoms with Gasteiger partial charge >= 0.3 is 0 Å². The molecule has 0 aliphatic carbocycles. The van der Waals surface area contributed by atoms with Crippen molar-refractivity contribution < 1.29 is 9.13 Å². The van der Waals surface area contributed by atoms with Crippen LogP contribution in [0.4, 0.5) is 4.39 Å². The van der Waals surface area contributed by atoms with E-state index in [2.05, 4.69) is 5.32 Å². The molecule has 2 nitrogen and oxygen atoms in total. The summed E-state index contributed by atoms with van der Waals surface area (Å²) in [5.74, 6) is 0.216. The van der Waals surface area contributed by atoms with E-state index in [4.69, 9.17) is 16.3 Å². The van der Waals surface area contributed by atoms with E-state index in [0.29, 0.717) is 24.5 Å². The van der Waals surface area contributed by atoms with E-state index in [9.17, 15) is 4.39 Å². The van der Waals surface area contributed by atoms with Crippen molar-refractivity contribution in [3.05, 3.63) is 28.5 Å². The maximum atomic E-state index is 13.1. The molecular weight excluding hydrogens is 205 g/mol. The summed E-state index contributed by atoms with van der Waals surface area (Å²) < 4.78 is 18.4. The van der Waals surface area contributed by atoms with Crippen LogP contribution in [0.15, 0.2) is 12.1 Å². The summed E-state index contributed by atoms with van der Waals surface area (Å²) in [4.78, 5) is 0. The van der Waals surface area contributed by atoms with Gasteiger partial charge in [-0.3, -0.25) is 0 Å². The number of ether oxygens (including phenoxy) is 1. The molecule has 1 aromatic rings. The Morgan fingerprint density at radius 1 is 1.50 bits per heavy atom. The minimum absolute atomic E-state index is 0.130. The van der Waals surface area contributed by atoms with Crippen molar-refractivity contribution in [3.63, 3.8) is 0 Å². The molecule has 78 valence electrons. The highest BCUT2D eigenvalue weighted by Crippen LogP contribution is 2.28. The summed E-state index contributed by atoms with van der Waals surface area (Å²) in [6, 6.07) is 2.91. The number of benzene rings is 1. The second-order valence-corrected chi connectivity index (χ2v) is 3.18. The molecule has 0 fully saturated rings. The smallest absolute Gasteiger partial charge is 0.142 e. The lowest BCUT2D eigenvalue weighted by Crippen LogP contribution is -2.08. The lowest BCUT2D eigenvalue weighted by Gasteiger charge is -2.11. The SMILES string of the molecule is CCOc1ccc(F)c(Cl)c1CNC. The highest BCUT2D eigenvalue weighted by molar-refractivity contribution is 6.31. The van der Waals surface area contributed by atoms with Crippen LogP contribution < -0.4 is 10.1 Å². The van der Waals surface area contributed by atoms with Crippen molar-refractivity contribution in [3.8, 4) is 5.75 Å². The highest BCUT2D eigenvalue weighted by Gasteiger charge is 2.11. The van der Waals surface area contributed by atoms with Crippen molar-refractivity contribution in [2.24, 2.45) is 0 Å². The molecule has 1 rings (SSSR count). The molecule has 0 unspecified atom stereocenters. The molecule has 0 bridgehead atoms. The van der Waals surface area contributed by atoms with E-state index < -0.39 is 5.82 Å². The Bertz CT molecular complexity index is 317. The first kappa shape index (κ1) is 11.3. The van der Waals surface area contributed by atoms with E-state index in [-0.39, 0.29) is 5.02 Å². The van der Waals surface area contributed by atoms with Gasteiger partial charge in [-0.05, 0) is 26.1 Å². The zero-order chi connectivity index (χ0) is 10.6. The lowest BCUT2D eigenvalue weighted by atomic mass is 10.2. The topological polar surface area (TPSA) is 21.3 Å². The molecule has 0 saturated heterocycles. The van der Waals surface area contributed by atoms with Crippen molar-refractivity contribution in [1.29, 1.82) is 0 Å². The maximum Gasteiger partial charge on any atom is 0.142 e. The van der Waals surface area contributed by atoms with Crippen LogP contribution in [0.25, 0.3) is 0 Å². The molecule has 1 N–H and O–H groups in total. The average Bonchev–Trinajstić information content (AvgIpc) is 2.18. The summed E-state index contributed by atoms with van der Waals surface area (Å²) in [7, 11) is 1.77. The number of hydrogen-bond acceptors (Lipinski definition) is 2. The summed E-state index contributed by atoms with van der Waals surface area (Å²) in [5.41, 5.74) is 0.663. The predicted octanol–water partition coefficient (Wildman–Crippen LogP) is 2.60. The number of hydrogen-bond donors (Lipinski definition) is 1. The Labute approximate surface area is 88.0 Å². The second-order valence-electron chi connectivity index (χ2n) is 2.80. The van der Waals surface area contributed by atoms with Crippen LogP contribution in [-0.4, -0.2) is 13.7 Å². The van der Waals surface area contributed by atoms with Gasteiger partial charge < -0.3 is 10.1 Å². The molecule has 0 aliphatic heterocycles. The Kier molecular flexibility index (Phi) is 4.17. The minimum Gasteiger partial charge on any atom is -0.493 e. The van der Waals surface area contributed by atoms with Gasteiger partial charge in [0.15, 0.2) is 0 Å². The molecule has 0 heterocycles. The first-order valence-electron chi connectivity index (χ1n) is 4.45. The largest absolute Gasteiger partial charge is 0.493 e. The van der Waals surface area contributed by atoms with E-state index in [1.54, 1.807) is 13.1 Å². The Morgan fingerprint density at radius 2 is 2.21 bits per heavy atom. The Balaban J connectivity index is 3.08. The molecule has 0 aromatic heterocycles. The van der Waals surface area contributed by atoms with Crippen LogP contribution in [0.2, 0.25) is 5.02 Å². The van der Waals surface area contributed by atoms with Crippen molar-refractivity contribution in [2.45, 2.75) is 13.5 Å². The summed E-state index contributed by atoms with van der Waals surface area (Å²) in [6.07, 6.45) is 0. The lowest BCUT2D eigenvalue weighted by molar-refractivity contribution is 0.335. The normalized spacial score (nSPS) is 10.3. The fraction of sp³-hybridized carbons (Fsp3) is 0.400. The Morgan fingerprint density at radius 3 is 2.79 bits per heavy atom. The van der Waals surface area contributed by atoms with Gasteiger partial charge in [0.25, 0.3) is 0 Å².